The SMILES string of the molecule is Cc1nnc(NC(C)c2ccc3c(c2)OCO3)c(C#N)c1C. The first-order valence-electron chi connectivity index (χ1n) is 7.00. The van der Waals surface area contributed by atoms with Crippen LogP contribution in [-0.2, 0) is 0 Å². The van der Waals surface area contributed by atoms with Crippen LogP contribution in [0, 0.1) is 25.2 Å². The lowest BCUT2D eigenvalue weighted by atomic mass is 10.1. The molecule has 1 atom stereocenters. The van der Waals surface area contributed by atoms with Gasteiger partial charge in [-0.15, -0.1) is 5.10 Å². The Hall–Kier alpha value is -2.81. The van der Waals surface area contributed by atoms with Gasteiger partial charge in [0.25, 0.3) is 0 Å². The number of hydrogen-bond acceptors (Lipinski definition) is 6. The fourth-order valence-electron chi connectivity index (χ4n) is 2.32. The number of aromatic nitrogens is 2. The van der Waals surface area contributed by atoms with Crippen LogP contribution in [-0.4, -0.2) is 17.0 Å². The number of nitrogens with zero attached hydrogens (tertiary/aromatic N) is 3. The Kier molecular flexibility index (Phi) is 3.55. The van der Waals surface area contributed by atoms with Crippen molar-refractivity contribution in [3.8, 4) is 17.6 Å². The summed E-state index contributed by atoms with van der Waals surface area (Å²) in [5.74, 6) is 1.98. The molecule has 6 heteroatoms. The molecular weight excluding hydrogens is 280 g/mol. The normalized spacial score (nSPS) is 13.5. The van der Waals surface area contributed by atoms with E-state index < -0.39 is 0 Å². The fraction of sp³-hybridized carbons (Fsp3) is 0.312. The highest BCUT2D eigenvalue weighted by Gasteiger charge is 2.18. The Morgan fingerprint density at radius 3 is 2.77 bits per heavy atom. The number of nitriles is 1. The lowest BCUT2D eigenvalue weighted by molar-refractivity contribution is 0.174. The molecule has 2 heterocycles. The molecule has 1 unspecified atom stereocenters. The molecule has 1 aromatic carbocycles. The fourth-order valence-corrected chi connectivity index (χ4v) is 2.32. The monoisotopic (exact) mass is 296 g/mol. The van der Waals surface area contributed by atoms with E-state index in [2.05, 4.69) is 21.6 Å². The number of anilines is 1. The summed E-state index contributed by atoms with van der Waals surface area (Å²) in [5, 5.41) is 20.8. The number of nitrogens with one attached hydrogen (secondary N) is 1. The van der Waals surface area contributed by atoms with E-state index in [1.54, 1.807) is 0 Å². The highest BCUT2D eigenvalue weighted by Crippen LogP contribution is 2.35. The van der Waals surface area contributed by atoms with Crippen LogP contribution in [0.4, 0.5) is 5.82 Å². The highest BCUT2D eigenvalue weighted by atomic mass is 16.7. The highest BCUT2D eigenvalue weighted by molar-refractivity contribution is 5.57. The average molecular weight is 296 g/mol. The summed E-state index contributed by atoms with van der Waals surface area (Å²) in [7, 11) is 0. The molecule has 0 amide bonds. The van der Waals surface area contributed by atoms with Crippen LogP contribution < -0.4 is 14.8 Å². The van der Waals surface area contributed by atoms with Gasteiger partial charge in [-0.2, -0.15) is 10.4 Å². The van der Waals surface area contributed by atoms with E-state index in [0.717, 1.165) is 28.3 Å². The van der Waals surface area contributed by atoms with Crippen LogP contribution in [0.5, 0.6) is 11.5 Å². The van der Waals surface area contributed by atoms with E-state index in [1.165, 1.54) is 0 Å². The standard InChI is InChI=1S/C16H16N4O2/c1-9-10(2)19-20-16(13(9)7-17)18-11(3)12-4-5-14-15(6-12)22-8-21-14/h4-6,11H,8H2,1-3H3,(H,18,20). The van der Waals surface area contributed by atoms with Crippen LogP contribution >= 0.6 is 0 Å². The molecule has 112 valence electrons. The van der Waals surface area contributed by atoms with Crippen LogP contribution in [0.2, 0.25) is 0 Å². The van der Waals surface area contributed by atoms with Gasteiger partial charge >= 0.3 is 0 Å². The molecule has 0 spiro atoms. The van der Waals surface area contributed by atoms with Gasteiger partial charge in [0.15, 0.2) is 17.3 Å². The predicted molar refractivity (Wildman–Crippen MR) is 80.8 cm³/mol. The minimum atomic E-state index is -0.0435. The van der Waals surface area contributed by atoms with E-state index in [0.29, 0.717) is 11.4 Å². The third-order valence-corrected chi connectivity index (χ3v) is 3.82. The second-order valence-electron chi connectivity index (χ2n) is 5.22. The van der Waals surface area contributed by atoms with Crippen molar-refractivity contribution in [3.05, 3.63) is 40.6 Å². The van der Waals surface area contributed by atoms with Gasteiger partial charge in [-0.25, -0.2) is 0 Å². The average Bonchev–Trinajstić information content (AvgIpc) is 2.98. The van der Waals surface area contributed by atoms with E-state index in [9.17, 15) is 5.26 Å². The van der Waals surface area contributed by atoms with E-state index in [-0.39, 0.29) is 12.8 Å². The molecule has 0 fully saturated rings. The maximum absolute atomic E-state index is 9.34. The van der Waals surface area contributed by atoms with E-state index >= 15 is 0 Å². The van der Waals surface area contributed by atoms with Gasteiger partial charge in [0.05, 0.1) is 11.7 Å². The van der Waals surface area contributed by atoms with Crippen molar-refractivity contribution >= 4 is 5.82 Å². The molecule has 0 aliphatic carbocycles. The van der Waals surface area contributed by atoms with Crippen LogP contribution in [0.3, 0.4) is 0 Å². The van der Waals surface area contributed by atoms with Gasteiger partial charge < -0.3 is 14.8 Å². The quantitative estimate of drug-likeness (QED) is 0.938. The van der Waals surface area contributed by atoms with Crippen molar-refractivity contribution in [1.82, 2.24) is 10.2 Å². The van der Waals surface area contributed by atoms with Crippen LogP contribution in [0.25, 0.3) is 0 Å². The van der Waals surface area contributed by atoms with Crippen molar-refractivity contribution in [2.45, 2.75) is 26.8 Å². The summed E-state index contributed by atoms with van der Waals surface area (Å²) in [6.07, 6.45) is 0. The Bertz CT molecular complexity index is 767. The first kappa shape index (κ1) is 14.1. The van der Waals surface area contributed by atoms with Crippen molar-refractivity contribution in [3.63, 3.8) is 0 Å². The van der Waals surface area contributed by atoms with E-state index in [1.807, 2.05) is 39.0 Å². The molecule has 1 aromatic heterocycles. The van der Waals surface area contributed by atoms with Crippen LogP contribution in [0.1, 0.15) is 35.3 Å². The van der Waals surface area contributed by atoms with Gasteiger partial charge in [0.1, 0.15) is 11.6 Å². The molecule has 1 aliphatic heterocycles. The summed E-state index contributed by atoms with van der Waals surface area (Å²) in [6, 6.07) is 7.93. The van der Waals surface area contributed by atoms with Gasteiger partial charge in [0.2, 0.25) is 6.79 Å². The van der Waals surface area contributed by atoms with Gasteiger partial charge in [0, 0.05) is 0 Å². The Morgan fingerprint density at radius 1 is 1.23 bits per heavy atom. The van der Waals surface area contributed by atoms with Gasteiger partial charge in [-0.1, -0.05) is 6.07 Å². The largest absolute Gasteiger partial charge is 0.454 e. The minimum absolute atomic E-state index is 0.0435. The molecule has 2 aromatic rings. The number of rotatable bonds is 3. The third-order valence-electron chi connectivity index (χ3n) is 3.82. The van der Waals surface area contributed by atoms with Crippen molar-refractivity contribution in [1.29, 1.82) is 5.26 Å². The van der Waals surface area contributed by atoms with Gasteiger partial charge in [-0.3, -0.25) is 0 Å². The lowest BCUT2D eigenvalue weighted by Gasteiger charge is -2.17. The first-order valence-corrected chi connectivity index (χ1v) is 7.00. The second-order valence-corrected chi connectivity index (χ2v) is 5.22. The van der Waals surface area contributed by atoms with Crippen molar-refractivity contribution in [2.24, 2.45) is 0 Å². The number of ether oxygens (including phenoxy) is 2. The molecule has 0 bridgehead atoms. The molecule has 3 rings (SSSR count). The Balaban J connectivity index is 1.87. The first-order chi connectivity index (χ1) is 10.6. The summed E-state index contributed by atoms with van der Waals surface area (Å²) >= 11 is 0. The Morgan fingerprint density at radius 2 is 2.00 bits per heavy atom. The molecule has 6 nitrogen and oxygen atoms in total. The van der Waals surface area contributed by atoms with Crippen LogP contribution in [0.15, 0.2) is 18.2 Å². The molecule has 0 saturated carbocycles. The number of aryl methyl sites for hydroxylation is 1. The summed E-state index contributed by atoms with van der Waals surface area (Å²) in [5.41, 5.74) is 3.16. The number of benzene rings is 1. The molecular formula is C16H16N4O2. The molecule has 1 N–H and O–H groups in total. The number of hydrogen-bond donors (Lipinski definition) is 1. The van der Waals surface area contributed by atoms with Crippen molar-refractivity contribution in [2.75, 3.05) is 12.1 Å². The Labute approximate surface area is 128 Å². The maximum Gasteiger partial charge on any atom is 0.231 e. The molecule has 22 heavy (non-hydrogen) atoms. The molecule has 1 aliphatic rings. The zero-order valence-electron chi connectivity index (χ0n) is 12.7. The summed E-state index contributed by atoms with van der Waals surface area (Å²) in [6.45, 7) is 5.96. The van der Waals surface area contributed by atoms with Gasteiger partial charge in [-0.05, 0) is 44.0 Å². The third kappa shape index (κ3) is 2.42. The zero-order valence-corrected chi connectivity index (χ0v) is 12.7. The summed E-state index contributed by atoms with van der Waals surface area (Å²) in [4.78, 5) is 0. The molecule has 0 saturated heterocycles. The zero-order chi connectivity index (χ0) is 15.7. The van der Waals surface area contributed by atoms with Crippen molar-refractivity contribution < 1.29 is 9.47 Å². The number of fused-ring (bicyclic) bond motifs is 1. The second kappa shape index (κ2) is 5.53. The molecule has 0 radical (unpaired) electrons. The smallest absolute Gasteiger partial charge is 0.231 e. The minimum Gasteiger partial charge on any atom is -0.454 e. The lowest BCUT2D eigenvalue weighted by Crippen LogP contribution is -2.11. The summed E-state index contributed by atoms with van der Waals surface area (Å²) < 4.78 is 10.7. The predicted octanol–water partition coefficient (Wildman–Crippen LogP) is 2.87. The maximum atomic E-state index is 9.34. The topological polar surface area (TPSA) is 80.1 Å². The van der Waals surface area contributed by atoms with E-state index in [4.69, 9.17) is 9.47 Å².